The van der Waals surface area contributed by atoms with Crippen LogP contribution in [0, 0.1) is 5.41 Å². The molecular weight excluding hydrogens is 384 g/mol. The van der Waals surface area contributed by atoms with Gasteiger partial charge < -0.3 is 5.73 Å². The second-order valence-electron chi connectivity index (χ2n) is 8.97. The van der Waals surface area contributed by atoms with Crippen molar-refractivity contribution in [2.75, 3.05) is 13.1 Å². The Morgan fingerprint density at radius 1 is 1.10 bits per heavy atom. The average molecular weight is 410 g/mol. The van der Waals surface area contributed by atoms with E-state index < -0.39 is 23.8 Å². The Balaban J connectivity index is 1.43. The second-order valence-corrected chi connectivity index (χ2v) is 8.97. The molecule has 2 saturated heterocycles. The first kappa shape index (κ1) is 19.4. The fraction of sp³-hybridized carbons (Fsp3) is 0.545. The Morgan fingerprint density at radius 2 is 1.90 bits per heavy atom. The highest BCUT2D eigenvalue weighted by atomic mass is 16.2. The van der Waals surface area contributed by atoms with Crippen LogP contribution in [0.25, 0.3) is 0 Å². The van der Waals surface area contributed by atoms with Gasteiger partial charge >= 0.3 is 0 Å². The number of nitrogens with zero attached hydrogens (tertiary/aromatic N) is 2. The molecule has 1 aromatic carbocycles. The zero-order valence-electron chi connectivity index (χ0n) is 16.9. The van der Waals surface area contributed by atoms with E-state index >= 15 is 0 Å². The zero-order chi connectivity index (χ0) is 21.0. The van der Waals surface area contributed by atoms with Crippen molar-refractivity contribution >= 4 is 23.6 Å². The van der Waals surface area contributed by atoms with Crippen molar-refractivity contribution < 1.29 is 19.2 Å². The molecule has 1 spiro atoms. The van der Waals surface area contributed by atoms with Crippen LogP contribution in [0.1, 0.15) is 64.8 Å². The third-order valence-electron chi connectivity index (χ3n) is 7.54. The number of hydrogen-bond donors (Lipinski definition) is 2. The van der Waals surface area contributed by atoms with Gasteiger partial charge in [-0.3, -0.25) is 34.3 Å². The predicted molar refractivity (Wildman–Crippen MR) is 107 cm³/mol. The SMILES string of the molecule is NCC1N(Cc2cccc3c2C(=O)N(C2CCC(=O)NC2=O)C3=O)CCC12CCC2. The summed E-state index contributed by atoms with van der Waals surface area (Å²) in [6.45, 7) is 2.09. The van der Waals surface area contributed by atoms with Gasteiger partial charge in [0.15, 0.2) is 0 Å². The standard InChI is InChI=1S/C22H26N4O4/c23-11-16-22(7-2-8-22)9-10-25(16)12-13-3-1-4-14-18(13)21(30)26(20(14)29)15-5-6-17(27)24-19(15)28/h1,3-4,15-16H,2,5-12,23H2,(H,24,27,28). The third-order valence-corrected chi connectivity index (χ3v) is 7.54. The van der Waals surface area contributed by atoms with E-state index in [-0.39, 0.29) is 18.7 Å². The first-order valence-electron chi connectivity index (χ1n) is 10.7. The van der Waals surface area contributed by atoms with Crippen molar-refractivity contribution in [1.82, 2.24) is 15.1 Å². The predicted octanol–water partition coefficient (Wildman–Crippen LogP) is 0.791. The molecule has 4 aliphatic rings. The quantitative estimate of drug-likeness (QED) is 0.710. The highest BCUT2D eigenvalue weighted by Gasteiger charge is 2.51. The summed E-state index contributed by atoms with van der Waals surface area (Å²) in [4.78, 5) is 53.4. The Kier molecular flexibility index (Phi) is 4.52. The molecule has 1 aliphatic carbocycles. The molecular formula is C22H26N4O4. The number of carbonyl (C=O) groups excluding carboxylic acids is 4. The smallest absolute Gasteiger partial charge is 0.262 e. The molecule has 3 fully saturated rings. The lowest BCUT2D eigenvalue weighted by Crippen LogP contribution is -2.54. The zero-order valence-corrected chi connectivity index (χ0v) is 16.9. The van der Waals surface area contributed by atoms with Crippen molar-refractivity contribution in [2.45, 2.75) is 57.2 Å². The van der Waals surface area contributed by atoms with Crippen LogP contribution >= 0.6 is 0 Å². The van der Waals surface area contributed by atoms with E-state index in [0.717, 1.165) is 23.4 Å². The van der Waals surface area contributed by atoms with Crippen LogP contribution in [0.4, 0.5) is 0 Å². The van der Waals surface area contributed by atoms with E-state index in [9.17, 15) is 19.2 Å². The van der Waals surface area contributed by atoms with E-state index in [2.05, 4.69) is 10.2 Å². The van der Waals surface area contributed by atoms with Crippen LogP contribution in [0.2, 0.25) is 0 Å². The highest BCUT2D eigenvalue weighted by Crippen LogP contribution is 2.52. The van der Waals surface area contributed by atoms with Gasteiger partial charge in [-0.25, -0.2) is 0 Å². The van der Waals surface area contributed by atoms with E-state index in [0.29, 0.717) is 35.7 Å². The Labute approximate surface area is 174 Å². The molecule has 0 radical (unpaired) electrons. The number of hydrogen-bond acceptors (Lipinski definition) is 6. The number of nitrogens with one attached hydrogen (secondary N) is 1. The number of likely N-dealkylation sites (tertiary alicyclic amines) is 1. The molecule has 158 valence electrons. The van der Waals surface area contributed by atoms with Gasteiger partial charge in [0.05, 0.1) is 11.1 Å². The summed E-state index contributed by atoms with van der Waals surface area (Å²) >= 11 is 0. The Bertz CT molecular complexity index is 954. The molecule has 8 nitrogen and oxygen atoms in total. The van der Waals surface area contributed by atoms with Gasteiger partial charge in [-0.15, -0.1) is 0 Å². The fourth-order valence-electron chi connectivity index (χ4n) is 5.81. The van der Waals surface area contributed by atoms with Crippen molar-refractivity contribution in [3.8, 4) is 0 Å². The van der Waals surface area contributed by atoms with Gasteiger partial charge in [0, 0.05) is 25.6 Å². The first-order chi connectivity index (χ1) is 14.4. The van der Waals surface area contributed by atoms with Crippen molar-refractivity contribution in [3.63, 3.8) is 0 Å². The van der Waals surface area contributed by atoms with Crippen LogP contribution < -0.4 is 11.1 Å². The summed E-state index contributed by atoms with van der Waals surface area (Å²) < 4.78 is 0. The van der Waals surface area contributed by atoms with Gasteiger partial charge in [-0.2, -0.15) is 0 Å². The minimum absolute atomic E-state index is 0.116. The molecule has 2 atom stereocenters. The Morgan fingerprint density at radius 3 is 2.57 bits per heavy atom. The monoisotopic (exact) mass is 410 g/mol. The lowest BCUT2D eigenvalue weighted by molar-refractivity contribution is -0.136. The molecule has 0 bridgehead atoms. The topological polar surface area (TPSA) is 113 Å². The maximum Gasteiger partial charge on any atom is 0.262 e. The average Bonchev–Trinajstić information content (AvgIpc) is 3.19. The number of amides is 4. The van der Waals surface area contributed by atoms with Crippen LogP contribution in [0.3, 0.4) is 0 Å². The van der Waals surface area contributed by atoms with Gasteiger partial charge in [0.1, 0.15) is 6.04 Å². The number of fused-ring (bicyclic) bond motifs is 1. The van der Waals surface area contributed by atoms with Gasteiger partial charge in [-0.1, -0.05) is 18.6 Å². The van der Waals surface area contributed by atoms with E-state index in [1.807, 2.05) is 6.07 Å². The molecule has 3 heterocycles. The van der Waals surface area contributed by atoms with Crippen LogP contribution in [0.5, 0.6) is 0 Å². The van der Waals surface area contributed by atoms with Gasteiger partial charge in [-0.05, 0) is 49.3 Å². The van der Waals surface area contributed by atoms with Gasteiger partial charge in [0.2, 0.25) is 11.8 Å². The maximum absolute atomic E-state index is 13.3. The van der Waals surface area contributed by atoms with E-state index in [1.165, 1.54) is 19.3 Å². The molecule has 0 aromatic heterocycles. The fourth-order valence-corrected chi connectivity index (χ4v) is 5.81. The van der Waals surface area contributed by atoms with Gasteiger partial charge in [0.25, 0.3) is 11.8 Å². The molecule has 5 rings (SSSR count). The normalized spacial score (nSPS) is 28.1. The van der Waals surface area contributed by atoms with E-state index in [4.69, 9.17) is 5.73 Å². The van der Waals surface area contributed by atoms with Crippen molar-refractivity contribution in [2.24, 2.45) is 11.1 Å². The summed E-state index contributed by atoms with van der Waals surface area (Å²) in [5.74, 6) is -1.86. The molecule has 2 unspecified atom stereocenters. The second kappa shape index (κ2) is 6.99. The number of piperidine rings is 1. The number of benzene rings is 1. The van der Waals surface area contributed by atoms with E-state index in [1.54, 1.807) is 12.1 Å². The van der Waals surface area contributed by atoms with Crippen molar-refractivity contribution in [3.05, 3.63) is 34.9 Å². The summed E-state index contributed by atoms with van der Waals surface area (Å²) in [5.41, 5.74) is 7.96. The minimum Gasteiger partial charge on any atom is -0.329 e. The minimum atomic E-state index is -0.940. The van der Waals surface area contributed by atoms with Crippen molar-refractivity contribution in [1.29, 1.82) is 0 Å². The molecule has 1 aromatic rings. The van der Waals surface area contributed by atoms with Crippen LogP contribution in [-0.2, 0) is 16.1 Å². The summed E-state index contributed by atoms with van der Waals surface area (Å²) in [6.07, 6.45) is 5.07. The lowest BCUT2D eigenvalue weighted by Gasteiger charge is -2.44. The number of rotatable bonds is 4. The largest absolute Gasteiger partial charge is 0.329 e. The molecule has 1 saturated carbocycles. The summed E-state index contributed by atoms with van der Waals surface area (Å²) in [5, 5.41) is 2.24. The molecule has 3 N–H and O–H groups in total. The number of carbonyl (C=O) groups is 4. The summed E-state index contributed by atoms with van der Waals surface area (Å²) in [6, 6.07) is 4.67. The molecule has 30 heavy (non-hydrogen) atoms. The Hall–Kier alpha value is -2.58. The molecule has 3 aliphatic heterocycles. The first-order valence-corrected chi connectivity index (χ1v) is 10.7. The molecule has 4 amide bonds. The highest BCUT2D eigenvalue weighted by molar-refractivity contribution is 6.24. The third kappa shape index (κ3) is 2.74. The maximum atomic E-state index is 13.3. The van der Waals surface area contributed by atoms with Crippen LogP contribution in [0.15, 0.2) is 18.2 Å². The van der Waals surface area contributed by atoms with Crippen LogP contribution in [-0.4, -0.2) is 58.6 Å². The molecule has 8 heteroatoms. The number of nitrogens with two attached hydrogens (primary N) is 1. The lowest BCUT2D eigenvalue weighted by atomic mass is 9.64. The number of imide groups is 2. The summed E-state index contributed by atoms with van der Waals surface area (Å²) in [7, 11) is 0.